The quantitative estimate of drug-likeness (QED) is 0.126. The van der Waals surface area contributed by atoms with Gasteiger partial charge >= 0.3 is 5.97 Å². The predicted octanol–water partition coefficient (Wildman–Crippen LogP) is 2.77. The number of ether oxygens (including phenoxy) is 3. The Balaban J connectivity index is 3.34. The summed E-state index contributed by atoms with van der Waals surface area (Å²) in [6.45, 7) is 19.3. The van der Waals surface area contributed by atoms with Gasteiger partial charge in [0.2, 0.25) is 23.6 Å². The first kappa shape index (κ1) is 46.9. The van der Waals surface area contributed by atoms with Gasteiger partial charge in [0.25, 0.3) is 0 Å². The summed E-state index contributed by atoms with van der Waals surface area (Å²) >= 11 is 0. The molecule has 0 radical (unpaired) electrons. The zero-order valence-corrected chi connectivity index (χ0v) is 34.4. The molecule has 1 aliphatic heterocycles. The van der Waals surface area contributed by atoms with Crippen LogP contribution in [0.2, 0.25) is 0 Å². The van der Waals surface area contributed by atoms with Gasteiger partial charge in [-0.25, -0.2) is 4.79 Å². The first-order valence-corrected chi connectivity index (χ1v) is 18.8. The van der Waals surface area contributed by atoms with E-state index in [-0.39, 0.29) is 53.8 Å². The van der Waals surface area contributed by atoms with Gasteiger partial charge < -0.3 is 34.6 Å². The number of esters is 1. The fourth-order valence-corrected chi connectivity index (χ4v) is 7.47. The summed E-state index contributed by atoms with van der Waals surface area (Å²) in [5.41, 5.74) is 0. The van der Waals surface area contributed by atoms with Gasteiger partial charge in [-0.05, 0) is 58.3 Å². The summed E-state index contributed by atoms with van der Waals surface area (Å²) in [6, 6.07) is -3.75. The molecular weight excluding hydrogens is 668 g/mol. The van der Waals surface area contributed by atoms with Gasteiger partial charge in [-0.15, -0.1) is 0 Å². The van der Waals surface area contributed by atoms with E-state index in [4.69, 9.17) is 14.2 Å². The van der Waals surface area contributed by atoms with Crippen LogP contribution in [0.4, 0.5) is 0 Å². The van der Waals surface area contributed by atoms with Gasteiger partial charge in [-0.3, -0.25) is 29.1 Å². The Hall–Kier alpha value is -3.10. The van der Waals surface area contributed by atoms with Crippen LogP contribution in [-0.4, -0.2) is 148 Å². The van der Waals surface area contributed by atoms with Crippen LogP contribution >= 0.6 is 0 Å². The van der Waals surface area contributed by atoms with Gasteiger partial charge in [0.05, 0.1) is 55.8 Å². The van der Waals surface area contributed by atoms with Crippen molar-refractivity contribution in [3.05, 3.63) is 0 Å². The number of hydrogen-bond acceptors (Lipinski definition) is 10. The Morgan fingerprint density at radius 2 is 1.44 bits per heavy atom. The standard InChI is InChI=1S/C38H70N6O8/c1-16-23(5)30(38(49)52-15)40-35(46)25(7)34(51-14)27-19-18-20-44(27)29(45)21-28(50-13)33(24(6)17-2)43(12)37(48)31(26(8)39-9)41-36(47)32(22(3)4)42(10)11/h22-28,30-34H,9,16-21H2,1-8,10-15H3,(H,40,46)(H,41,47)/t23-,24-,25+,26-,27-,28+,30-,31-,32-,33-,34+/m0/s1. The number of methoxy groups -OCH3 is 3. The molecule has 0 saturated carbocycles. The average molecular weight is 739 g/mol. The van der Waals surface area contributed by atoms with Crippen LogP contribution in [0.15, 0.2) is 4.99 Å². The van der Waals surface area contributed by atoms with Crippen molar-refractivity contribution in [3.8, 4) is 0 Å². The number of likely N-dealkylation sites (N-methyl/N-ethyl adjacent to an activating group) is 2. The molecule has 4 amide bonds. The molecule has 1 heterocycles. The number of amides is 4. The van der Waals surface area contributed by atoms with Crippen LogP contribution in [-0.2, 0) is 38.2 Å². The van der Waals surface area contributed by atoms with E-state index in [0.717, 1.165) is 6.42 Å². The Kier molecular flexibility index (Phi) is 20.0. The average Bonchev–Trinajstić information content (AvgIpc) is 3.60. The van der Waals surface area contributed by atoms with Crippen LogP contribution in [0.3, 0.4) is 0 Å². The molecule has 0 unspecified atom stereocenters. The number of nitrogens with zero attached hydrogens (tertiary/aromatic N) is 4. The molecule has 0 aromatic heterocycles. The molecule has 300 valence electrons. The summed E-state index contributed by atoms with van der Waals surface area (Å²) in [4.78, 5) is 77.1. The van der Waals surface area contributed by atoms with E-state index >= 15 is 0 Å². The topological polar surface area (TPSA) is 159 Å². The van der Waals surface area contributed by atoms with Gasteiger partial charge in [0.1, 0.15) is 12.1 Å². The van der Waals surface area contributed by atoms with E-state index in [0.29, 0.717) is 25.8 Å². The molecule has 14 nitrogen and oxygen atoms in total. The number of carbonyl (C=O) groups is 5. The minimum Gasteiger partial charge on any atom is -0.467 e. The van der Waals surface area contributed by atoms with Gasteiger partial charge in [-0.2, -0.15) is 0 Å². The van der Waals surface area contributed by atoms with Crippen molar-refractivity contribution in [2.24, 2.45) is 28.7 Å². The second-order valence-corrected chi connectivity index (χ2v) is 15.0. The smallest absolute Gasteiger partial charge is 0.328 e. The third kappa shape index (κ3) is 12.0. The van der Waals surface area contributed by atoms with Crippen LogP contribution in [0.25, 0.3) is 0 Å². The zero-order chi connectivity index (χ0) is 40.0. The number of carbonyl (C=O) groups excluding carboxylic acids is 5. The Morgan fingerprint density at radius 3 is 1.90 bits per heavy atom. The maximum absolute atomic E-state index is 14.3. The second kappa shape index (κ2) is 22.2. The molecule has 11 atom stereocenters. The number of rotatable bonds is 22. The van der Waals surface area contributed by atoms with E-state index in [1.165, 1.54) is 21.3 Å². The molecule has 1 aliphatic rings. The number of aliphatic imine (C=N–C) groups is 1. The van der Waals surface area contributed by atoms with Crippen molar-refractivity contribution in [3.63, 3.8) is 0 Å². The molecule has 1 rings (SSSR count). The second-order valence-electron chi connectivity index (χ2n) is 15.0. The van der Waals surface area contributed by atoms with E-state index < -0.39 is 54.3 Å². The lowest BCUT2D eigenvalue weighted by atomic mass is 9.89. The van der Waals surface area contributed by atoms with Crippen molar-refractivity contribution in [1.82, 2.24) is 25.3 Å². The highest BCUT2D eigenvalue weighted by atomic mass is 16.5. The van der Waals surface area contributed by atoms with E-state index in [1.54, 1.807) is 30.7 Å². The van der Waals surface area contributed by atoms with Crippen molar-refractivity contribution < 1.29 is 38.2 Å². The third-order valence-corrected chi connectivity index (χ3v) is 11.0. The van der Waals surface area contributed by atoms with Crippen molar-refractivity contribution in [2.75, 3.05) is 49.0 Å². The first-order chi connectivity index (χ1) is 24.4. The molecule has 1 fully saturated rings. The monoisotopic (exact) mass is 739 g/mol. The highest BCUT2D eigenvalue weighted by Gasteiger charge is 2.44. The lowest BCUT2D eigenvalue weighted by molar-refractivity contribution is -0.149. The minimum atomic E-state index is -0.979. The summed E-state index contributed by atoms with van der Waals surface area (Å²) < 4.78 is 16.8. The van der Waals surface area contributed by atoms with E-state index in [9.17, 15) is 24.0 Å². The summed E-state index contributed by atoms with van der Waals surface area (Å²) in [7, 11) is 9.68. The largest absolute Gasteiger partial charge is 0.467 e. The maximum atomic E-state index is 14.3. The van der Waals surface area contributed by atoms with Gasteiger partial charge in [0, 0.05) is 27.8 Å². The van der Waals surface area contributed by atoms with Gasteiger partial charge in [-0.1, -0.05) is 61.3 Å². The molecular formula is C38H70N6O8. The molecule has 2 N–H and O–H groups in total. The molecule has 0 spiro atoms. The van der Waals surface area contributed by atoms with Crippen LogP contribution in [0, 0.1) is 23.7 Å². The fourth-order valence-electron chi connectivity index (χ4n) is 7.47. The molecule has 0 aromatic rings. The van der Waals surface area contributed by atoms with Crippen molar-refractivity contribution in [2.45, 2.75) is 136 Å². The van der Waals surface area contributed by atoms with Crippen LogP contribution in [0.5, 0.6) is 0 Å². The highest BCUT2D eigenvalue weighted by Crippen LogP contribution is 2.30. The maximum Gasteiger partial charge on any atom is 0.328 e. The first-order valence-electron chi connectivity index (χ1n) is 18.8. The van der Waals surface area contributed by atoms with Crippen LogP contribution < -0.4 is 10.6 Å². The highest BCUT2D eigenvalue weighted by molar-refractivity contribution is 5.91. The van der Waals surface area contributed by atoms with E-state index in [1.807, 2.05) is 60.5 Å². The third-order valence-electron chi connectivity index (χ3n) is 11.0. The van der Waals surface area contributed by atoms with Gasteiger partial charge in [0.15, 0.2) is 0 Å². The molecule has 0 aliphatic carbocycles. The Morgan fingerprint density at radius 1 is 0.865 bits per heavy atom. The van der Waals surface area contributed by atoms with Crippen molar-refractivity contribution >= 4 is 36.3 Å². The zero-order valence-electron chi connectivity index (χ0n) is 34.4. The molecule has 1 saturated heterocycles. The molecule has 52 heavy (non-hydrogen) atoms. The SMILES string of the molecule is C=N[C@@H](C)[C@H](NC(=O)[C@H](C(C)C)N(C)C)C(=O)N(C)[C@@H]([C@@H](C)CC)[C@@H](CC(=O)N1CCC[C@H]1[C@H](OC)[C@@H](C)C(=O)N[C@H](C(=O)OC)[C@@H](C)CC)OC. The lowest BCUT2D eigenvalue weighted by Gasteiger charge is -2.41. The minimum absolute atomic E-state index is 0.00162. The number of hydrogen-bond donors (Lipinski definition) is 2. The Bertz CT molecular complexity index is 1180. The number of likely N-dealkylation sites (tertiary alicyclic amines) is 1. The summed E-state index contributed by atoms with van der Waals surface area (Å²) in [5, 5.41) is 5.80. The Labute approximate surface area is 313 Å². The number of nitrogens with one attached hydrogen (secondary N) is 2. The summed E-state index contributed by atoms with van der Waals surface area (Å²) in [6.07, 6.45) is 1.41. The van der Waals surface area contributed by atoms with Crippen molar-refractivity contribution in [1.29, 1.82) is 0 Å². The predicted molar refractivity (Wildman–Crippen MR) is 203 cm³/mol. The lowest BCUT2D eigenvalue weighted by Crippen LogP contribution is -2.60. The molecule has 14 heteroatoms. The van der Waals surface area contributed by atoms with Crippen LogP contribution in [0.1, 0.15) is 87.5 Å². The summed E-state index contributed by atoms with van der Waals surface area (Å²) in [5.74, 6) is -2.57. The molecule has 0 aromatic carbocycles. The fraction of sp³-hybridized carbons (Fsp3) is 0.842. The normalized spacial score (nSPS) is 20.5. The molecule has 0 bridgehead atoms. The van der Waals surface area contributed by atoms with E-state index in [2.05, 4.69) is 22.3 Å².